The van der Waals surface area contributed by atoms with E-state index in [1.807, 2.05) is 0 Å². The molecule has 8 aliphatic rings. The number of allylic oxidation sites excluding steroid dienone is 11. The molecule has 3 nitrogen and oxygen atoms in total. The largest absolute Gasteiger partial charge is 0.370 e. The molecule has 1 saturated heterocycles. The molecular formula is C51H69N3. The average Bonchev–Trinajstić information content (AvgIpc) is 3.25. The predicted molar refractivity (Wildman–Crippen MR) is 229 cm³/mol. The van der Waals surface area contributed by atoms with E-state index in [0.29, 0.717) is 48.0 Å². The number of rotatable bonds is 9. The topological polar surface area (TPSA) is 36.1 Å². The summed E-state index contributed by atoms with van der Waals surface area (Å²) in [6.45, 7) is 0. The number of hydrogen-bond donors (Lipinski definition) is 3. The molecule has 2 fully saturated rings. The highest BCUT2D eigenvalue weighted by molar-refractivity contribution is 5.71. The average molecular weight is 724 g/mol. The Hall–Kier alpha value is -2.88. The van der Waals surface area contributed by atoms with Crippen LogP contribution in [0.25, 0.3) is 5.57 Å². The van der Waals surface area contributed by atoms with E-state index >= 15 is 0 Å². The van der Waals surface area contributed by atoms with Gasteiger partial charge in [0.15, 0.2) is 0 Å². The number of fused-ring (bicyclic) bond motifs is 1. The van der Waals surface area contributed by atoms with Crippen LogP contribution in [0.4, 0.5) is 5.69 Å². The second kappa shape index (κ2) is 17.5. The van der Waals surface area contributed by atoms with Gasteiger partial charge in [0, 0.05) is 23.8 Å². The third-order valence-electron chi connectivity index (χ3n) is 15.3. The van der Waals surface area contributed by atoms with E-state index in [-0.39, 0.29) is 0 Å². The molecule has 0 aromatic heterocycles. The first kappa shape index (κ1) is 36.7. The Labute approximate surface area is 328 Å². The Morgan fingerprint density at radius 2 is 1.63 bits per heavy atom. The number of anilines is 1. The van der Waals surface area contributed by atoms with Crippen molar-refractivity contribution in [2.24, 2.45) is 29.6 Å². The predicted octanol–water partition coefficient (Wildman–Crippen LogP) is 12.6. The highest BCUT2D eigenvalue weighted by atomic mass is 15.2. The van der Waals surface area contributed by atoms with Gasteiger partial charge in [-0.15, -0.1) is 0 Å². The first-order valence-corrected chi connectivity index (χ1v) is 22.9. The molecule has 7 aliphatic carbocycles. The summed E-state index contributed by atoms with van der Waals surface area (Å²) in [5.41, 5.74) is 9.49. The molecule has 9 unspecified atom stereocenters. The third-order valence-corrected chi connectivity index (χ3v) is 15.3. The molecule has 3 N–H and O–H groups in total. The minimum Gasteiger partial charge on any atom is -0.370 e. The standard InChI is InChI=1S/C51H69N3/c1-5-15-36(16-6-1)37-25-27-40(28-26-37)51-45-24-14-13-21-43(45)35-50(54-51)53-49-32-30-42(34-47(49)39-19-9-3-10-20-39)41-29-31-48(52-44-22-11-4-12-23-44)46(33-41)38-17-7-2-8-18-38/h2,4-5,7,11,13,15,17,21,25,29-30,32,34,36,39-40,43-46,48,50-54H,1,3,6,8-10,12,14,16,18-20,22-24,26-28,31,33,35H2. The van der Waals surface area contributed by atoms with E-state index in [1.165, 1.54) is 133 Å². The highest BCUT2D eigenvalue weighted by Gasteiger charge is 2.41. The molecule has 0 amide bonds. The lowest BCUT2D eigenvalue weighted by Gasteiger charge is -2.48. The molecule has 288 valence electrons. The summed E-state index contributed by atoms with van der Waals surface area (Å²) < 4.78 is 0. The van der Waals surface area contributed by atoms with Crippen LogP contribution in [0.3, 0.4) is 0 Å². The summed E-state index contributed by atoms with van der Waals surface area (Å²) in [7, 11) is 0. The lowest BCUT2D eigenvalue weighted by Crippen LogP contribution is -2.57. The van der Waals surface area contributed by atoms with Gasteiger partial charge in [-0.25, -0.2) is 0 Å². The zero-order chi connectivity index (χ0) is 36.1. The fourth-order valence-corrected chi connectivity index (χ4v) is 12.3. The highest BCUT2D eigenvalue weighted by Crippen LogP contribution is 2.45. The molecule has 54 heavy (non-hydrogen) atoms. The van der Waals surface area contributed by atoms with Crippen LogP contribution in [-0.4, -0.2) is 24.3 Å². The van der Waals surface area contributed by atoms with Crippen LogP contribution < -0.4 is 16.0 Å². The molecule has 0 spiro atoms. The maximum absolute atomic E-state index is 4.33. The van der Waals surface area contributed by atoms with Crippen LogP contribution >= 0.6 is 0 Å². The summed E-state index contributed by atoms with van der Waals surface area (Å²) in [4.78, 5) is 0. The van der Waals surface area contributed by atoms with Gasteiger partial charge in [-0.3, -0.25) is 5.32 Å². The van der Waals surface area contributed by atoms with Crippen molar-refractivity contribution in [3.8, 4) is 0 Å². The van der Waals surface area contributed by atoms with Crippen LogP contribution in [0.1, 0.15) is 152 Å². The minimum absolute atomic E-state index is 0.324. The number of hydrogen-bond acceptors (Lipinski definition) is 3. The molecule has 9 atom stereocenters. The molecule has 0 radical (unpaired) electrons. The second-order valence-electron chi connectivity index (χ2n) is 18.6. The van der Waals surface area contributed by atoms with E-state index in [0.717, 1.165) is 24.7 Å². The maximum Gasteiger partial charge on any atom is 0.0776 e. The van der Waals surface area contributed by atoms with Gasteiger partial charge in [-0.05, 0) is 180 Å². The minimum atomic E-state index is 0.324. The fourth-order valence-electron chi connectivity index (χ4n) is 12.3. The van der Waals surface area contributed by atoms with Gasteiger partial charge in [0.25, 0.3) is 0 Å². The van der Waals surface area contributed by atoms with Crippen LogP contribution in [-0.2, 0) is 0 Å². The van der Waals surface area contributed by atoms with Crippen molar-refractivity contribution in [2.75, 3.05) is 5.32 Å². The fraction of sp³-hybridized carbons (Fsp3) is 0.608. The van der Waals surface area contributed by atoms with E-state index in [9.17, 15) is 0 Å². The van der Waals surface area contributed by atoms with E-state index in [1.54, 1.807) is 22.3 Å². The first-order valence-electron chi connectivity index (χ1n) is 22.9. The van der Waals surface area contributed by atoms with Gasteiger partial charge >= 0.3 is 0 Å². The van der Waals surface area contributed by atoms with E-state index < -0.39 is 0 Å². The summed E-state index contributed by atoms with van der Waals surface area (Å²) in [6, 6.07) is 9.42. The van der Waals surface area contributed by atoms with Gasteiger partial charge in [0.2, 0.25) is 0 Å². The first-order chi connectivity index (χ1) is 26.7. The quantitative estimate of drug-likeness (QED) is 0.222. The summed E-state index contributed by atoms with van der Waals surface area (Å²) in [6.07, 6.45) is 54.5. The second-order valence-corrected chi connectivity index (χ2v) is 18.6. The van der Waals surface area contributed by atoms with E-state index in [2.05, 4.69) is 101 Å². The number of nitrogens with one attached hydrogen (secondary N) is 3. The van der Waals surface area contributed by atoms with Gasteiger partial charge in [0.1, 0.15) is 0 Å². The zero-order valence-electron chi connectivity index (χ0n) is 33.2. The van der Waals surface area contributed by atoms with E-state index in [4.69, 9.17) is 0 Å². The Morgan fingerprint density at radius 1 is 0.704 bits per heavy atom. The van der Waals surface area contributed by atoms with Gasteiger partial charge in [-0.2, -0.15) is 0 Å². The van der Waals surface area contributed by atoms with Gasteiger partial charge in [-0.1, -0.05) is 103 Å². The van der Waals surface area contributed by atoms with Crippen molar-refractivity contribution in [2.45, 2.75) is 165 Å². The third kappa shape index (κ3) is 8.44. The molecule has 9 rings (SSSR count). The van der Waals surface area contributed by atoms with Crippen LogP contribution in [0, 0.1) is 29.6 Å². The summed E-state index contributed by atoms with van der Waals surface area (Å²) >= 11 is 0. The molecule has 1 aromatic rings. The van der Waals surface area contributed by atoms with Crippen LogP contribution in [0.5, 0.6) is 0 Å². The van der Waals surface area contributed by atoms with Crippen molar-refractivity contribution in [3.05, 3.63) is 107 Å². The lowest BCUT2D eigenvalue weighted by molar-refractivity contribution is 0.121. The maximum atomic E-state index is 4.33. The van der Waals surface area contributed by atoms with Gasteiger partial charge < -0.3 is 10.6 Å². The SMILES string of the molecule is C1=CCCC(C2CC(c3ccc(NC4CC5C=CCCC5C(C5CC=C(C6C=CCCC6)CC5)N4)c(C4CCCCC4)c3)=CCC2NC2CC=CCC2)=C1. The normalized spacial score (nSPS) is 35.9. The Kier molecular flexibility index (Phi) is 11.9. The monoisotopic (exact) mass is 724 g/mol. The molecule has 0 bridgehead atoms. The molecule has 3 heteroatoms. The molecule has 1 heterocycles. The Morgan fingerprint density at radius 3 is 2.44 bits per heavy atom. The van der Waals surface area contributed by atoms with Crippen molar-refractivity contribution < 1.29 is 0 Å². The van der Waals surface area contributed by atoms with Crippen LogP contribution in [0.2, 0.25) is 0 Å². The molecular weight excluding hydrogens is 655 g/mol. The Balaban J connectivity index is 0.953. The number of benzene rings is 1. The Bertz CT molecular complexity index is 1660. The van der Waals surface area contributed by atoms with Crippen molar-refractivity contribution in [1.82, 2.24) is 10.6 Å². The summed E-state index contributed by atoms with van der Waals surface area (Å²) in [5.74, 6) is 4.18. The van der Waals surface area contributed by atoms with Crippen molar-refractivity contribution in [1.29, 1.82) is 0 Å². The van der Waals surface area contributed by atoms with Crippen molar-refractivity contribution >= 4 is 11.3 Å². The van der Waals surface area contributed by atoms with Crippen LogP contribution in [0.15, 0.2) is 96.2 Å². The number of piperidine rings is 1. The summed E-state index contributed by atoms with van der Waals surface area (Å²) in [5, 5.41) is 12.7. The molecule has 1 aliphatic heterocycles. The molecule has 1 aromatic carbocycles. The zero-order valence-corrected chi connectivity index (χ0v) is 33.2. The van der Waals surface area contributed by atoms with Crippen molar-refractivity contribution in [3.63, 3.8) is 0 Å². The van der Waals surface area contributed by atoms with Gasteiger partial charge in [0.05, 0.1) is 6.17 Å². The smallest absolute Gasteiger partial charge is 0.0776 e. The molecule has 1 saturated carbocycles. The lowest BCUT2D eigenvalue weighted by atomic mass is 9.67.